The number of rotatable bonds is 4. The Labute approximate surface area is 214 Å². The van der Waals surface area contributed by atoms with Crippen LogP contribution >= 0.6 is 43.5 Å². The van der Waals surface area contributed by atoms with Crippen LogP contribution in [0, 0.1) is 0 Å². The Morgan fingerprint density at radius 1 is 0.485 bits per heavy atom. The topological polar surface area (TPSA) is 25.8 Å². The van der Waals surface area contributed by atoms with Crippen LogP contribution < -0.4 is 0 Å². The van der Waals surface area contributed by atoms with Crippen molar-refractivity contribution in [3.63, 3.8) is 0 Å². The Bertz CT molecular complexity index is 1400. The SMILES string of the molecule is Clc1cc(Br)cc(-c2cc(-c3ccc(-c4ccccc4)cc3)nc(-c3ccc(Br)cc3)n2)c1. The number of benzene rings is 4. The van der Waals surface area contributed by atoms with Crippen molar-refractivity contribution in [1.82, 2.24) is 9.97 Å². The van der Waals surface area contributed by atoms with Crippen molar-refractivity contribution in [1.29, 1.82) is 0 Å². The second kappa shape index (κ2) is 9.60. The highest BCUT2D eigenvalue weighted by Gasteiger charge is 2.12. The molecule has 5 heteroatoms. The molecule has 0 unspecified atom stereocenters. The average molecular weight is 577 g/mol. The third kappa shape index (κ3) is 5.09. The highest BCUT2D eigenvalue weighted by atomic mass is 79.9. The molecule has 0 spiro atoms. The minimum Gasteiger partial charge on any atom is -0.228 e. The van der Waals surface area contributed by atoms with Gasteiger partial charge in [-0.15, -0.1) is 0 Å². The molecule has 4 aromatic carbocycles. The zero-order valence-corrected chi connectivity index (χ0v) is 21.3. The summed E-state index contributed by atoms with van der Waals surface area (Å²) in [5, 5.41) is 0.650. The molecule has 0 saturated carbocycles. The first kappa shape index (κ1) is 22.0. The molecule has 0 bridgehead atoms. The van der Waals surface area contributed by atoms with Crippen molar-refractivity contribution in [2.24, 2.45) is 0 Å². The normalized spacial score (nSPS) is 10.9. The van der Waals surface area contributed by atoms with Gasteiger partial charge in [0, 0.05) is 30.7 Å². The molecule has 2 nitrogen and oxygen atoms in total. The first-order valence-corrected chi connectivity index (χ1v) is 12.3. The van der Waals surface area contributed by atoms with Crippen LogP contribution in [-0.2, 0) is 0 Å². The summed E-state index contributed by atoms with van der Waals surface area (Å²) in [6.45, 7) is 0. The molecule has 0 aliphatic carbocycles. The third-order valence-corrected chi connectivity index (χ3v) is 6.48. The number of hydrogen-bond donors (Lipinski definition) is 0. The summed E-state index contributed by atoms with van der Waals surface area (Å²) in [6.07, 6.45) is 0. The van der Waals surface area contributed by atoms with Crippen LogP contribution in [-0.4, -0.2) is 9.97 Å². The maximum absolute atomic E-state index is 6.33. The minimum absolute atomic E-state index is 0.650. The quantitative estimate of drug-likeness (QED) is 0.213. The molecular weight excluding hydrogens is 560 g/mol. The molecule has 0 saturated heterocycles. The molecule has 5 aromatic rings. The first-order valence-electron chi connectivity index (χ1n) is 10.3. The Kier molecular flexibility index (Phi) is 6.41. The third-order valence-electron chi connectivity index (χ3n) is 5.27. The van der Waals surface area contributed by atoms with Gasteiger partial charge in [0.2, 0.25) is 0 Å². The number of aromatic nitrogens is 2. The fraction of sp³-hybridized carbons (Fsp3) is 0. The van der Waals surface area contributed by atoms with Gasteiger partial charge in [0.1, 0.15) is 0 Å². The number of nitrogens with zero attached hydrogens (tertiary/aromatic N) is 2. The summed E-state index contributed by atoms with van der Waals surface area (Å²) in [5.41, 5.74) is 6.92. The van der Waals surface area contributed by atoms with Crippen molar-refractivity contribution < 1.29 is 0 Å². The molecule has 0 atom stereocenters. The highest BCUT2D eigenvalue weighted by Crippen LogP contribution is 2.32. The zero-order chi connectivity index (χ0) is 22.8. The van der Waals surface area contributed by atoms with Gasteiger partial charge in [-0.3, -0.25) is 0 Å². The van der Waals surface area contributed by atoms with Crippen LogP contribution in [0.25, 0.3) is 45.0 Å². The van der Waals surface area contributed by atoms with Gasteiger partial charge >= 0.3 is 0 Å². The monoisotopic (exact) mass is 574 g/mol. The Morgan fingerprint density at radius 3 is 1.73 bits per heavy atom. The van der Waals surface area contributed by atoms with Gasteiger partial charge in [0.15, 0.2) is 5.82 Å². The van der Waals surface area contributed by atoms with E-state index in [1.807, 2.05) is 66.7 Å². The summed E-state index contributed by atoms with van der Waals surface area (Å²) in [6, 6.07) is 34.6. The molecular formula is C28H17Br2ClN2. The van der Waals surface area contributed by atoms with E-state index in [4.69, 9.17) is 21.6 Å². The summed E-state index contributed by atoms with van der Waals surface area (Å²) >= 11 is 13.4. The van der Waals surface area contributed by atoms with E-state index in [1.165, 1.54) is 11.1 Å². The Hall–Kier alpha value is -2.79. The summed E-state index contributed by atoms with van der Waals surface area (Å²) in [5.74, 6) is 0.665. The molecule has 1 aromatic heterocycles. The fourth-order valence-electron chi connectivity index (χ4n) is 3.64. The minimum atomic E-state index is 0.650. The Balaban J connectivity index is 1.63. The molecule has 33 heavy (non-hydrogen) atoms. The largest absolute Gasteiger partial charge is 0.228 e. The molecule has 5 rings (SSSR count). The van der Waals surface area contributed by atoms with Crippen LogP contribution in [0.5, 0.6) is 0 Å². The lowest BCUT2D eigenvalue weighted by Crippen LogP contribution is -1.96. The molecule has 0 aliphatic heterocycles. The zero-order valence-electron chi connectivity index (χ0n) is 17.3. The van der Waals surface area contributed by atoms with Gasteiger partial charge in [-0.25, -0.2) is 9.97 Å². The van der Waals surface area contributed by atoms with Crippen LogP contribution in [0.4, 0.5) is 0 Å². The summed E-state index contributed by atoms with van der Waals surface area (Å²) < 4.78 is 1.92. The van der Waals surface area contributed by atoms with E-state index < -0.39 is 0 Å². The molecule has 0 N–H and O–H groups in total. The lowest BCUT2D eigenvalue weighted by molar-refractivity contribution is 1.18. The van der Waals surface area contributed by atoms with Gasteiger partial charge in [0.05, 0.1) is 11.4 Å². The molecule has 0 amide bonds. The first-order chi connectivity index (χ1) is 16.0. The lowest BCUT2D eigenvalue weighted by atomic mass is 10.0. The van der Waals surface area contributed by atoms with Gasteiger partial charge in [-0.1, -0.05) is 110 Å². The Morgan fingerprint density at radius 2 is 1.06 bits per heavy atom. The number of hydrogen-bond acceptors (Lipinski definition) is 2. The molecule has 0 fully saturated rings. The molecule has 0 radical (unpaired) electrons. The van der Waals surface area contributed by atoms with Crippen molar-refractivity contribution in [2.75, 3.05) is 0 Å². The predicted octanol–water partition coefficient (Wildman–Crippen LogP) is 9.32. The number of halogens is 3. The van der Waals surface area contributed by atoms with Crippen molar-refractivity contribution in [3.8, 4) is 45.0 Å². The highest BCUT2D eigenvalue weighted by molar-refractivity contribution is 9.10. The van der Waals surface area contributed by atoms with E-state index >= 15 is 0 Å². The standard InChI is InChI=1S/C28H17Br2ClN2/c29-23-12-10-21(11-13-23)28-32-26(17-27(33-28)22-14-24(30)16-25(31)15-22)20-8-6-19(7-9-20)18-4-2-1-3-5-18/h1-17H. The summed E-state index contributed by atoms with van der Waals surface area (Å²) in [7, 11) is 0. The molecule has 1 heterocycles. The van der Waals surface area contributed by atoms with E-state index in [-0.39, 0.29) is 0 Å². The van der Waals surface area contributed by atoms with Crippen molar-refractivity contribution >= 4 is 43.5 Å². The summed E-state index contributed by atoms with van der Waals surface area (Å²) in [4.78, 5) is 9.78. The van der Waals surface area contributed by atoms with E-state index in [2.05, 4.69) is 68.3 Å². The second-order valence-electron chi connectivity index (χ2n) is 7.57. The van der Waals surface area contributed by atoms with Gasteiger partial charge in [0.25, 0.3) is 0 Å². The van der Waals surface area contributed by atoms with Gasteiger partial charge in [-0.05, 0) is 47.5 Å². The van der Waals surface area contributed by atoms with Crippen molar-refractivity contribution in [3.05, 3.63) is 117 Å². The maximum Gasteiger partial charge on any atom is 0.160 e. The van der Waals surface area contributed by atoms with Crippen LogP contribution in [0.2, 0.25) is 5.02 Å². The van der Waals surface area contributed by atoms with Gasteiger partial charge in [-0.2, -0.15) is 0 Å². The fourth-order valence-corrected chi connectivity index (χ4v) is 4.76. The van der Waals surface area contributed by atoms with Crippen LogP contribution in [0.15, 0.2) is 112 Å². The van der Waals surface area contributed by atoms with E-state index in [0.29, 0.717) is 10.8 Å². The van der Waals surface area contributed by atoms with Crippen molar-refractivity contribution in [2.45, 2.75) is 0 Å². The molecule has 0 aliphatic rings. The lowest BCUT2D eigenvalue weighted by Gasteiger charge is -2.11. The molecule has 160 valence electrons. The maximum atomic E-state index is 6.33. The van der Waals surface area contributed by atoms with Crippen LogP contribution in [0.1, 0.15) is 0 Å². The van der Waals surface area contributed by atoms with Gasteiger partial charge < -0.3 is 0 Å². The smallest absolute Gasteiger partial charge is 0.160 e. The van der Waals surface area contributed by atoms with Crippen LogP contribution in [0.3, 0.4) is 0 Å². The van der Waals surface area contributed by atoms with E-state index in [9.17, 15) is 0 Å². The van der Waals surface area contributed by atoms with E-state index in [0.717, 1.165) is 37.0 Å². The second-order valence-corrected chi connectivity index (χ2v) is 9.84. The predicted molar refractivity (Wildman–Crippen MR) is 144 cm³/mol. The van der Waals surface area contributed by atoms with E-state index in [1.54, 1.807) is 0 Å². The average Bonchev–Trinajstić information content (AvgIpc) is 2.84.